The lowest BCUT2D eigenvalue weighted by Gasteiger charge is -2.06. The Hall–Kier alpha value is -2.51. The van der Waals surface area contributed by atoms with Crippen LogP contribution in [0.5, 0.6) is 5.75 Å². The molecule has 0 aliphatic heterocycles. The lowest BCUT2D eigenvalue weighted by Crippen LogP contribution is -1.97. The van der Waals surface area contributed by atoms with Crippen molar-refractivity contribution in [2.75, 3.05) is 0 Å². The first-order chi connectivity index (χ1) is 9.76. The van der Waals surface area contributed by atoms with E-state index in [-0.39, 0.29) is 6.61 Å². The van der Waals surface area contributed by atoms with E-state index < -0.39 is 0 Å². The smallest absolute Gasteiger partial charge is 0.139 e. The van der Waals surface area contributed by atoms with Gasteiger partial charge in [-0.3, -0.25) is 0 Å². The predicted octanol–water partition coefficient (Wildman–Crippen LogP) is 3.44. The fourth-order valence-electron chi connectivity index (χ4n) is 1.92. The van der Waals surface area contributed by atoms with Gasteiger partial charge in [-0.1, -0.05) is 17.7 Å². The minimum Gasteiger partial charge on any atom is -0.486 e. The minimum absolute atomic E-state index is 0.288. The Labute approximate surface area is 120 Å². The van der Waals surface area contributed by atoms with Crippen molar-refractivity contribution >= 4 is 17.2 Å². The third-order valence-corrected chi connectivity index (χ3v) is 3.09. The number of fused-ring (bicyclic) bond motifs is 1. The van der Waals surface area contributed by atoms with E-state index in [2.05, 4.69) is 11.1 Å². The Morgan fingerprint density at radius 3 is 3.00 bits per heavy atom. The molecule has 3 aromatic rings. The number of imidazole rings is 1. The summed E-state index contributed by atoms with van der Waals surface area (Å²) in [5.41, 5.74) is 2.11. The topological polar surface area (TPSA) is 50.3 Å². The molecule has 0 saturated heterocycles. The van der Waals surface area contributed by atoms with Gasteiger partial charge in [-0.05, 0) is 24.3 Å². The van der Waals surface area contributed by atoms with Crippen LogP contribution in [0.2, 0.25) is 5.02 Å². The maximum absolute atomic E-state index is 9.03. The number of aromatic nitrogens is 2. The predicted molar refractivity (Wildman–Crippen MR) is 75.7 cm³/mol. The number of pyridine rings is 1. The van der Waals surface area contributed by atoms with E-state index in [1.54, 1.807) is 18.2 Å². The molecule has 2 heterocycles. The van der Waals surface area contributed by atoms with Crippen LogP contribution in [0.25, 0.3) is 5.65 Å². The summed E-state index contributed by atoms with van der Waals surface area (Å²) in [6.45, 7) is 0.288. The summed E-state index contributed by atoms with van der Waals surface area (Å²) in [6, 6.07) is 12.8. The first-order valence-electron chi connectivity index (χ1n) is 6.01. The largest absolute Gasteiger partial charge is 0.486 e. The molecule has 5 heteroatoms. The molecule has 0 aliphatic rings. The molecule has 0 fully saturated rings. The van der Waals surface area contributed by atoms with E-state index in [0.29, 0.717) is 16.3 Å². The molecule has 0 aliphatic carbocycles. The fourth-order valence-corrected chi connectivity index (χ4v) is 2.08. The average Bonchev–Trinajstić information content (AvgIpc) is 2.88. The molecule has 0 unspecified atom stereocenters. The molecule has 0 spiro atoms. The monoisotopic (exact) mass is 283 g/mol. The maximum Gasteiger partial charge on any atom is 0.139 e. The van der Waals surface area contributed by atoms with Gasteiger partial charge in [0.25, 0.3) is 0 Å². The van der Waals surface area contributed by atoms with Gasteiger partial charge in [0.15, 0.2) is 0 Å². The van der Waals surface area contributed by atoms with Crippen molar-refractivity contribution in [2.24, 2.45) is 0 Å². The molecule has 98 valence electrons. The number of benzene rings is 1. The van der Waals surface area contributed by atoms with Crippen LogP contribution in [0.4, 0.5) is 0 Å². The molecule has 2 aromatic heterocycles. The Bertz CT molecular complexity index is 771. The van der Waals surface area contributed by atoms with Crippen molar-refractivity contribution in [1.29, 1.82) is 5.26 Å². The summed E-state index contributed by atoms with van der Waals surface area (Å²) in [6.07, 6.45) is 3.82. The third kappa shape index (κ3) is 2.44. The van der Waals surface area contributed by atoms with Crippen LogP contribution in [0, 0.1) is 11.3 Å². The van der Waals surface area contributed by atoms with Crippen LogP contribution < -0.4 is 4.74 Å². The minimum atomic E-state index is 0.288. The summed E-state index contributed by atoms with van der Waals surface area (Å²) in [5, 5.41) is 9.56. The van der Waals surface area contributed by atoms with Gasteiger partial charge in [0.2, 0.25) is 0 Å². The molecule has 0 amide bonds. The molecule has 20 heavy (non-hydrogen) atoms. The van der Waals surface area contributed by atoms with E-state index in [1.165, 1.54) is 0 Å². The molecule has 3 rings (SSSR count). The number of halogens is 1. The van der Waals surface area contributed by atoms with Crippen molar-refractivity contribution in [3.05, 3.63) is 65.1 Å². The normalized spacial score (nSPS) is 10.4. The zero-order chi connectivity index (χ0) is 13.9. The summed E-state index contributed by atoms with van der Waals surface area (Å²) < 4.78 is 7.56. The van der Waals surface area contributed by atoms with Gasteiger partial charge in [0, 0.05) is 23.5 Å². The number of rotatable bonds is 3. The SMILES string of the molecule is N#Cc1ccc(Cl)cc1OCc1cn2ccccc2n1. The van der Waals surface area contributed by atoms with Crippen molar-refractivity contribution < 1.29 is 4.74 Å². The van der Waals surface area contributed by atoms with Gasteiger partial charge in [0.1, 0.15) is 24.1 Å². The zero-order valence-corrected chi connectivity index (χ0v) is 11.2. The molecule has 0 radical (unpaired) electrons. The molecule has 0 saturated carbocycles. The molecule has 1 aromatic carbocycles. The maximum atomic E-state index is 9.03. The molecular weight excluding hydrogens is 274 g/mol. The highest BCUT2D eigenvalue weighted by Crippen LogP contribution is 2.23. The van der Waals surface area contributed by atoms with Gasteiger partial charge in [-0.2, -0.15) is 5.26 Å². The molecule has 0 atom stereocenters. The lowest BCUT2D eigenvalue weighted by molar-refractivity contribution is 0.301. The van der Waals surface area contributed by atoms with Gasteiger partial charge < -0.3 is 9.14 Å². The van der Waals surface area contributed by atoms with Crippen LogP contribution in [0.15, 0.2) is 48.8 Å². The average molecular weight is 284 g/mol. The Kier molecular flexibility index (Phi) is 3.28. The van der Waals surface area contributed by atoms with Gasteiger partial charge >= 0.3 is 0 Å². The van der Waals surface area contributed by atoms with Gasteiger partial charge in [-0.15, -0.1) is 0 Å². The second kappa shape index (κ2) is 5.24. The number of nitrogens with zero attached hydrogens (tertiary/aromatic N) is 3. The standard InChI is InChI=1S/C15H10ClN3O/c16-12-5-4-11(8-17)14(7-12)20-10-13-9-19-6-2-1-3-15(19)18-13/h1-7,9H,10H2. The Balaban J connectivity index is 1.83. The number of nitriles is 1. The van der Waals surface area contributed by atoms with Crippen LogP contribution in [0.1, 0.15) is 11.3 Å². The van der Waals surface area contributed by atoms with E-state index in [1.807, 2.05) is 35.0 Å². The van der Waals surface area contributed by atoms with E-state index >= 15 is 0 Å². The van der Waals surface area contributed by atoms with Crippen molar-refractivity contribution in [3.8, 4) is 11.8 Å². The van der Waals surface area contributed by atoms with E-state index in [0.717, 1.165) is 11.3 Å². The summed E-state index contributed by atoms with van der Waals surface area (Å²) in [5.74, 6) is 0.469. The first-order valence-corrected chi connectivity index (χ1v) is 6.39. The van der Waals surface area contributed by atoms with Crippen LogP contribution >= 0.6 is 11.6 Å². The van der Waals surface area contributed by atoms with E-state index in [4.69, 9.17) is 21.6 Å². The fraction of sp³-hybridized carbons (Fsp3) is 0.0667. The van der Waals surface area contributed by atoms with Crippen LogP contribution in [-0.4, -0.2) is 9.38 Å². The Morgan fingerprint density at radius 1 is 1.30 bits per heavy atom. The lowest BCUT2D eigenvalue weighted by atomic mass is 10.2. The molecule has 0 N–H and O–H groups in total. The highest BCUT2D eigenvalue weighted by Gasteiger charge is 2.06. The second-order valence-corrected chi connectivity index (χ2v) is 4.68. The highest BCUT2D eigenvalue weighted by atomic mass is 35.5. The number of hydrogen-bond donors (Lipinski definition) is 0. The summed E-state index contributed by atoms with van der Waals surface area (Å²) in [4.78, 5) is 4.43. The van der Waals surface area contributed by atoms with Crippen molar-refractivity contribution in [3.63, 3.8) is 0 Å². The van der Waals surface area contributed by atoms with Crippen LogP contribution in [-0.2, 0) is 6.61 Å². The quantitative estimate of drug-likeness (QED) is 0.740. The summed E-state index contributed by atoms with van der Waals surface area (Å²) >= 11 is 5.91. The second-order valence-electron chi connectivity index (χ2n) is 4.24. The van der Waals surface area contributed by atoms with Gasteiger partial charge in [-0.25, -0.2) is 4.98 Å². The molecular formula is C15H10ClN3O. The van der Waals surface area contributed by atoms with Crippen molar-refractivity contribution in [1.82, 2.24) is 9.38 Å². The molecule has 0 bridgehead atoms. The highest BCUT2D eigenvalue weighted by molar-refractivity contribution is 6.30. The van der Waals surface area contributed by atoms with Crippen molar-refractivity contribution in [2.45, 2.75) is 6.61 Å². The summed E-state index contributed by atoms with van der Waals surface area (Å²) in [7, 11) is 0. The third-order valence-electron chi connectivity index (χ3n) is 2.85. The Morgan fingerprint density at radius 2 is 2.20 bits per heavy atom. The first kappa shape index (κ1) is 12.5. The van der Waals surface area contributed by atoms with Crippen LogP contribution in [0.3, 0.4) is 0 Å². The number of hydrogen-bond acceptors (Lipinski definition) is 3. The zero-order valence-electron chi connectivity index (χ0n) is 10.5. The molecule has 4 nitrogen and oxygen atoms in total. The van der Waals surface area contributed by atoms with E-state index in [9.17, 15) is 0 Å². The number of ether oxygens (including phenoxy) is 1. The van der Waals surface area contributed by atoms with Gasteiger partial charge in [0.05, 0.1) is 11.3 Å².